The van der Waals surface area contributed by atoms with Gasteiger partial charge in [0.15, 0.2) is 0 Å². The highest BCUT2D eigenvalue weighted by Gasteiger charge is 2.16. The topological polar surface area (TPSA) is 21.3 Å². The average Bonchev–Trinajstić information content (AvgIpc) is 2.81. The van der Waals surface area contributed by atoms with Crippen molar-refractivity contribution in [1.29, 1.82) is 0 Å². The Hall–Kier alpha value is -0.730. The lowest BCUT2D eigenvalue weighted by Crippen LogP contribution is -2.15. The molecule has 1 aromatic carbocycles. The molecule has 18 heavy (non-hydrogen) atoms. The maximum Gasteiger partial charge on any atom is 0.125 e. The average molecular weight is 268 g/mol. The number of halogens is 1. The number of hydrogen-bond donors (Lipinski definition) is 1. The van der Waals surface area contributed by atoms with Crippen molar-refractivity contribution in [1.82, 2.24) is 5.32 Å². The summed E-state index contributed by atoms with van der Waals surface area (Å²) in [5.41, 5.74) is 2.56. The Balaban J connectivity index is 1.82. The van der Waals surface area contributed by atoms with Crippen molar-refractivity contribution in [2.24, 2.45) is 0 Å². The van der Waals surface area contributed by atoms with Gasteiger partial charge < -0.3 is 10.1 Å². The maximum atomic E-state index is 6.14. The van der Waals surface area contributed by atoms with E-state index in [1.807, 2.05) is 6.07 Å². The molecule has 0 unspecified atom stereocenters. The zero-order chi connectivity index (χ0) is 12.8. The van der Waals surface area contributed by atoms with Crippen molar-refractivity contribution in [3.8, 4) is 5.75 Å². The summed E-state index contributed by atoms with van der Waals surface area (Å²) in [6, 6.07) is 4.10. The van der Waals surface area contributed by atoms with Crippen LogP contribution in [0.2, 0.25) is 5.02 Å². The molecule has 0 amide bonds. The molecule has 1 aromatic rings. The van der Waals surface area contributed by atoms with E-state index < -0.39 is 0 Å². The maximum absolute atomic E-state index is 6.14. The van der Waals surface area contributed by atoms with Crippen LogP contribution in [0.4, 0.5) is 0 Å². The summed E-state index contributed by atoms with van der Waals surface area (Å²) >= 11 is 6.14. The molecule has 0 saturated carbocycles. The van der Waals surface area contributed by atoms with Crippen LogP contribution in [-0.4, -0.2) is 19.7 Å². The second kappa shape index (κ2) is 7.01. The Kier molecular flexibility index (Phi) is 5.33. The van der Waals surface area contributed by atoms with Gasteiger partial charge in [-0.2, -0.15) is 0 Å². The molecule has 2 rings (SSSR count). The smallest absolute Gasteiger partial charge is 0.125 e. The minimum atomic E-state index is 0.806. The van der Waals surface area contributed by atoms with Crippen molar-refractivity contribution in [3.63, 3.8) is 0 Å². The summed E-state index contributed by atoms with van der Waals surface area (Å²) < 4.78 is 5.71. The summed E-state index contributed by atoms with van der Waals surface area (Å²) in [7, 11) is 0. The number of ether oxygens (including phenoxy) is 1. The number of nitrogens with one attached hydrogen (secondary N) is 1. The van der Waals surface area contributed by atoms with Gasteiger partial charge in [-0.1, -0.05) is 18.5 Å². The van der Waals surface area contributed by atoms with Crippen LogP contribution in [0.15, 0.2) is 12.1 Å². The first kappa shape index (κ1) is 13.7. The Morgan fingerprint density at radius 2 is 2.17 bits per heavy atom. The van der Waals surface area contributed by atoms with Crippen LogP contribution in [-0.2, 0) is 12.8 Å². The van der Waals surface area contributed by atoms with Gasteiger partial charge >= 0.3 is 0 Å². The SMILES string of the molecule is CCCNCCCCc1cc(Cl)cc2c1OCC2. The van der Waals surface area contributed by atoms with Crippen molar-refractivity contribution >= 4 is 11.6 Å². The Morgan fingerprint density at radius 3 is 3.00 bits per heavy atom. The lowest BCUT2D eigenvalue weighted by Gasteiger charge is -2.09. The third kappa shape index (κ3) is 3.63. The predicted molar refractivity (Wildman–Crippen MR) is 76.7 cm³/mol. The van der Waals surface area contributed by atoms with E-state index >= 15 is 0 Å². The van der Waals surface area contributed by atoms with Crippen molar-refractivity contribution in [3.05, 3.63) is 28.3 Å². The van der Waals surface area contributed by atoms with Gasteiger partial charge in [-0.25, -0.2) is 0 Å². The summed E-state index contributed by atoms with van der Waals surface area (Å²) in [4.78, 5) is 0. The molecule has 0 aliphatic carbocycles. The fourth-order valence-electron chi connectivity index (χ4n) is 2.40. The summed E-state index contributed by atoms with van der Waals surface area (Å²) in [5, 5.41) is 4.27. The Bertz CT molecular complexity index is 392. The molecule has 0 saturated heterocycles. The fraction of sp³-hybridized carbons (Fsp3) is 0.600. The number of unbranched alkanes of at least 4 members (excludes halogenated alkanes) is 1. The van der Waals surface area contributed by atoms with E-state index in [0.29, 0.717) is 0 Å². The monoisotopic (exact) mass is 267 g/mol. The normalized spacial score (nSPS) is 13.4. The quantitative estimate of drug-likeness (QED) is 0.763. The third-order valence-electron chi connectivity index (χ3n) is 3.30. The van der Waals surface area contributed by atoms with Crippen LogP contribution in [0, 0.1) is 0 Å². The molecular formula is C15H22ClNO. The molecule has 1 aliphatic heterocycles. The van der Waals surface area contributed by atoms with Crippen molar-refractivity contribution in [2.45, 2.75) is 39.0 Å². The molecule has 3 heteroatoms. The van der Waals surface area contributed by atoms with Gasteiger partial charge in [0.2, 0.25) is 0 Å². The largest absolute Gasteiger partial charge is 0.493 e. The summed E-state index contributed by atoms with van der Waals surface area (Å²) in [5.74, 6) is 1.10. The predicted octanol–water partition coefficient (Wildman–Crippen LogP) is 3.60. The van der Waals surface area contributed by atoms with E-state index in [-0.39, 0.29) is 0 Å². The second-order valence-corrected chi connectivity index (χ2v) is 5.30. The molecule has 1 N–H and O–H groups in total. The van der Waals surface area contributed by atoms with Crippen LogP contribution < -0.4 is 10.1 Å². The lowest BCUT2D eigenvalue weighted by molar-refractivity contribution is 0.353. The second-order valence-electron chi connectivity index (χ2n) is 4.86. The van der Waals surface area contributed by atoms with Crippen LogP contribution in [0.25, 0.3) is 0 Å². The first-order chi connectivity index (χ1) is 8.81. The first-order valence-corrected chi connectivity index (χ1v) is 7.34. The van der Waals surface area contributed by atoms with E-state index in [1.165, 1.54) is 30.4 Å². The van der Waals surface area contributed by atoms with Gasteiger partial charge in [-0.05, 0) is 62.0 Å². The molecule has 0 bridgehead atoms. The molecule has 2 nitrogen and oxygen atoms in total. The molecule has 0 aromatic heterocycles. The van der Waals surface area contributed by atoms with Gasteiger partial charge in [-0.3, -0.25) is 0 Å². The lowest BCUT2D eigenvalue weighted by atomic mass is 10.0. The number of rotatable bonds is 7. The molecule has 0 radical (unpaired) electrons. The summed E-state index contributed by atoms with van der Waals surface area (Å²) in [6.45, 7) is 5.23. The van der Waals surface area contributed by atoms with Gasteiger partial charge in [0.25, 0.3) is 0 Å². The van der Waals surface area contributed by atoms with Crippen molar-refractivity contribution < 1.29 is 4.74 Å². The zero-order valence-corrected chi connectivity index (χ0v) is 11.9. The fourth-order valence-corrected chi connectivity index (χ4v) is 2.66. The molecular weight excluding hydrogens is 246 g/mol. The van der Waals surface area contributed by atoms with Gasteiger partial charge in [0.1, 0.15) is 5.75 Å². The van der Waals surface area contributed by atoms with Gasteiger partial charge in [0.05, 0.1) is 6.61 Å². The van der Waals surface area contributed by atoms with E-state index in [1.54, 1.807) is 0 Å². The number of fused-ring (bicyclic) bond motifs is 1. The standard InChI is InChI=1S/C15H22ClNO/c1-2-7-17-8-4-3-5-12-10-14(16)11-13-6-9-18-15(12)13/h10-11,17H,2-9H2,1H3. The van der Waals surface area contributed by atoms with Crippen LogP contribution in [0.1, 0.15) is 37.3 Å². The highest BCUT2D eigenvalue weighted by molar-refractivity contribution is 6.30. The Morgan fingerprint density at radius 1 is 1.28 bits per heavy atom. The van der Waals surface area contributed by atoms with E-state index in [9.17, 15) is 0 Å². The minimum absolute atomic E-state index is 0.806. The molecule has 0 spiro atoms. The van der Waals surface area contributed by atoms with Crippen LogP contribution in [0.3, 0.4) is 0 Å². The van der Waals surface area contributed by atoms with Gasteiger partial charge in [0, 0.05) is 11.4 Å². The number of benzene rings is 1. The van der Waals surface area contributed by atoms with E-state index in [4.69, 9.17) is 16.3 Å². The minimum Gasteiger partial charge on any atom is -0.493 e. The van der Waals surface area contributed by atoms with Crippen LogP contribution >= 0.6 is 11.6 Å². The molecule has 0 atom stereocenters. The van der Waals surface area contributed by atoms with Gasteiger partial charge in [-0.15, -0.1) is 0 Å². The summed E-state index contributed by atoms with van der Waals surface area (Å²) in [6.07, 6.45) is 5.67. The molecule has 100 valence electrons. The molecule has 0 fully saturated rings. The van der Waals surface area contributed by atoms with Crippen LogP contribution in [0.5, 0.6) is 5.75 Å². The highest BCUT2D eigenvalue weighted by Crippen LogP contribution is 2.33. The Labute approximate surface area is 115 Å². The number of aryl methyl sites for hydroxylation is 1. The first-order valence-electron chi connectivity index (χ1n) is 6.96. The third-order valence-corrected chi connectivity index (χ3v) is 3.52. The van der Waals surface area contributed by atoms with E-state index in [2.05, 4.69) is 18.3 Å². The van der Waals surface area contributed by atoms with E-state index in [0.717, 1.165) is 43.3 Å². The number of hydrogen-bond acceptors (Lipinski definition) is 2. The molecule has 1 heterocycles. The highest BCUT2D eigenvalue weighted by atomic mass is 35.5. The zero-order valence-electron chi connectivity index (χ0n) is 11.1. The van der Waals surface area contributed by atoms with Crippen molar-refractivity contribution in [2.75, 3.05) is 19.7 Å². The molecule has 1 aliphatic rings.